The van der Waals surface area contributed by atoms with Gasteiger partial charge >= 0.3 is 6.09 Å². The van der Waals surface area contributed by atoms with E-state index < -0.39 is 6.09 Å². The fourth-order valence-corrected chi connectivity index (χ4v) is 1.69. The molecule has 0 unspecified atom stereocenters. The maximum absolute atomic E-state index is 11.3. The molecule has 0 saturated heterocycles. The van der Waals surface area contributed by atoms with Gasteiger partial charge in [-0.05, 0) is 28.9 Å². The van der Waals surface area contributed by atoms with Crippen LogP contribution in [-0.2, 0) is 4.74 Å². The van der Waals surface area contributed by atoms with Gasteiger partial charge in [0.25, 0.3) is 0 Å². The second kappa shape index (κ2) is 4.52. The maximum atomic E-state index is 11.3. The van der Waals surface area contributed by atoms with Crippen molar-refractivity contribution in [3.05, 3.63) is 22.9 Å². The van der Waals surface area contributed by atoms with Gasteiger partial charge in [0, 0.05) is 22.3 Å². The number of halogens is 1. The number of ether oxygens (including phenoxy) is 1. The van der Waals surface area contributed by atoms with Crippen molar-refractivity contribution < 1.29 is 9.53 Å². The van der Waals surface area contributed by atoms with E-state index in [1.165, 1.54) is 0 Å². The van der Waals surface area contributed by atoms with E-state index >= 15 is 0 Å². The maximum Gasteiger partial charge on any atom is 0.411 e. The van der Waals surface area contributed by atoms with E-state index in [4.69, 9.17) is 4.74 Å². The highest BCUT2D eigenvalue weighted by molar-refractivity contribution is 9.10. The number of hydrogen-bond donors (Lipinski definition) is 2. The van der Waals surface area contributed by atoms with Crippen molar-refractivity contribution in [1.82, 2.24) is 9.97 Å². The molecule has 0 saturated carbocycles. The lowest BCUT2D eigenvalue weighted by Crippen LogP contribution is -2.12. The van der Waals surface area contributed by atoms with Gasteiger partial charge in [0.1, 0.15) is 5.65 Å². The third-order valence-electron chi connectivity index (χ3n) is 2.01. The van der Waals surface area contributed by atoms with Gasteiger partial charge in [-0.3, -0.25) is 5.32 Å². The number of fused-ring (bicyclic) bond motifs is 1. The van der Waals surface area contributed by atoms with Crippen molar-refractivity contribution >= 4 is 38.7 Å². The molecule has 2 aromatic rings. The Balaban J connectivity index is 2.30. The first-order valence-electron chi connectivity index (χ1n) is 4.77. The number of pyridine rings is 1. The number of amides is 1. The van der Waals surface area contributed by atoms with E-state index in [9.17, 15) is 4.79 Å². The first-order chi connectivity index (χ1) is 7.70. The highest BCUT2D eigenvalue weighted by Gasteiger charge is 2.08. The van der Waals surface area contributed by atoms with Crippen LogP contribution in [0.4, 0.5) is 10.5 Å². The van der Waals surface area contributed by atoms with Crippen molar-refractivity contribution in [3.8, 4) is 0 Å². The molecule has 2 aromatic heterocycles. The largest absolute Gasteiger partial charge is 0.450 e. The molecule has 0 aliphatic carbocycles. The van der Waals surface area contributed by atoms with Crippen LogP contribution in [0.5, 0.6) is 0 Å². The van der Waals surface area contributed by atoms with Gasteiger partial charge < -0.3 is 9.72 Å². The quantitative estimate of drug-likeness (QED) is 0.891. The van der Waals surface area contributed by atoms with Crippen LogP contribution in [0, 0.1) is 0 Å². The van der Waals surface area contributed by atoms with Crippen LogP contribution in [0.15, 0.2) is 22.9 Å². The Morgan fingerprint density at radius 3 is 3.25 bits per heavy atom. The number of aromatic amines is 1. The Labute approximate surface area is 100 Å². The standard InChI is InChI=1S/C10H10BrN3O2/c1-2-16-10(15)14-8-5-13-9-7(8)3-6(11)4-12-9/h3-5H,2H2,1H3,(H,12,13)(H,14,15). The van der Waals surface area contributed by atoms with Crippen molar-refractivity contribution in [2.75, 3.05) is 11.9 Å². The van der Waals surface area contributed by atoms with Crippen molar-refractivity contribution in [3.63, 3.8) is 0 Å². The number of carbonyl (C=O) groups excluding carboxylic acids is 1. The van der Waals surface area contributed by atoms with Gasteiger partial charge in [-0.2, -0.15) is 0 Å². The van der Waals surface area contributed by atoms with E-state index in [0.29, 0.717) is 12.3 Å². The molecule has 0 spiro atoms. The fraction of sp³-hybridized carbons (Fsp3) is 0.200. The molecular formula is C10H10BrN3O2. The molecule has 0 bridgehead atoms. The number of carbonyl (C=O) groups is 1. The van der Waals surface area contributed by atoms with Crippen LogP contribution in [0.3, 0.4) is 0 Å². The first kappa shape index (κ1) is 10.9. The number of aromatic nitrogens is 2. The van der Waals surface area contributed by atoms with Gasteiger partial charge in [0.05, 0.1) is 12.3 Å². The molecule has 16 heavy (non-hydrogen) atoms. The first-order valence-corrected chi connectivity index (χ1v) is 5.56. The summed E-state index contributed by atoms with van der Waals surface area (Å²) in [6, 6.07) is 1.88. The van der Waals surface area contributed by atoms with Crippen LogP contribution >= 0.6 is 15.9 Å². The van der Waals surface area contributed by atoms with Gasteiger partial charge in [-0.1, -0.05) is 0 Å². The van der Waals surface area contributed by atoms with E-state index in [1.54, 1.807) is 19.3 Å². The topological polar surface area (TPSA) is 67.0 Å². The van der Waals surface area contributed by atoms with Crippen LogP contribution in [0.2, 0.25) is 0 Å². The zero-order valence-corrected chi connectivity index (χ0v) is 10.2. The van der Waals surface area contributed by atoms with E-state index in [2.05, 4.69) is 31.2 Å². The summed E-state index contributed by atoms with van der Waals surface area (Å²) < 4.78 is 5.65. The van der Waals surface area contributed by atoms with Gasteiger partial charge in [-0.15, -0.1) is 0 Å². The predicted octanol–water partition coefficient (Wildman–Crippen LogP) is 2.89. The minimum Gasteiger partial charge on any atom is -0.450 e. The summed E-state index contributed by atoms with van der Waals surface area (Å²) in [5, 5.41) is 3.48. The highest BCUT2D eigenvalue weighted by Crippen LogP contribution is 2.24. The van der Waals surface area contributed by atoms with Crippen LogP contribution in [-0.4, -0.2) is 22.7 Å². The number of rotatable bonds is 2. The molecule has 0 aliphatic rings. The van der Waals surface area contributed by atoms with Gasteiger partial charge in [0.15, 0.2) is 0 Å². The number of nitrogens with one attached hydrogen (secondary N) is 2. The second-order valence-electron chi connectivity index (χ2n) is 3.10. The molecule has 5 nitrogen and oxygen atoms in total. The smallest absolute Gasteiger partial charge is 0.411 e. The number of anilines is 1. The molecule has 0 radical (unpaired) electrons. The summed E-state index contributed by atoms with van der Waals surface area (Å²) >= 11 is 3.33. The summed E-state index contributed by atoms with van der Waals surface area (Å²) in [4.78, 5) is 18.4. The summed E-state index contributed by atoms with van der Waals surface area (Å²) in [6.07, 6.45) is 2.90. The Kier molecular flexibility index (Phi) is 3.09. The van der Waals surface area contributed by atoms with Gasteiger partial charge in [0.2, 0.25) is 0 Å². The molecule has 2 rings (SSSR count). The molecule has 6 heteroatoms. The number of H-pyrrole nitrogens is 1. The van der Waals surface area contributed by atoms with Crippen LogP contribution < -0.4 is 5.32 Å². The van der Waals surface area contributed by atoms with E-state index in [0.717, 1.165) is 15.5 Å². The number of nitrogens with zero attached hydrogens (tertiary/aromatic N) is 1. The molecule has 0 atom stereocenters. The molecular weight excluding hydrogens is 274 g/mol. The Hall–Kier alpha value is -1.56. The fourth-order valence-electron chi connectivity index (χ4n) is 1.36. The predicted molar refractivity (Wildman–Crippen MR) is 64.4 cm³/mol. The lowest BCUT2D eigenvalue weighted by atomic mass is 10.3. The average Bonchev–Trinajstić information content (AvgIpc) is 2.61. The summed E-state index contributed by atoms with van der Waals surface area (Å²) in [5.74, 6) is 0. The van der Waals surface area contributed by atoms with E-state index in [1.807, 2.05) is 6.07 Å². The molecule has 1 amide bonds. The SMILES string of the molecule is CCOC(=O)Nc1c[nH]c2ncc(Br)cc12. The minimum atomic E-state index is -0.469. The Morgan fingerprint density at radius 2 is 2.50 bits per heavy atom. The summed E-state index contributed by atoms with van der Waals surface area (Å²) in [6.45, 7) is 2.10. The summed E-state index contributed by atoms with van der Waals surface area (Å²) in [7, 11) is 0. The molecule has 84 valence electrons. The zero-order valence-electron chi connectivity index (χ0n) is 8.58. The highest BCUT2D eigenvalue weighted by atomic mass is 79.9. The second-order valence-corrected chi connectivity index (χ2v) is 4.01. The lowest BCUT2D eigenvalue weighted by Gasteiger charge is -2.03. The third kappa shape index (κ3) is 2.16. The van der Waals surface area contributed by atoms with Crippen LogP contribution in [0.25, 0.3) is 11.0 Å². The van der Waals surface area contributed by atoms with Crippen molar-refractivity contribution in [2.45, 2.75) is 6.92 Å². The van der Waals surface area contributed by atoms with Crippen molar-refractivity contribution in [1.29, 1.82) is 0 Å². The van der Waals surface area contributed by atoms with Crippen molar-refractivity contribution in [2.24, 2.45) is 0 Å². The molecule has 2 heterocycles. The Morgan fingerprint density at radius 1 is 1.69 bits per heavy atom. The van der Waals surface area contributed by atoms with Gasteiger partial charge in [-0.25, -0.2) is 9.78 Å². The van der Waals surface area contributed by atoms with E-state index in [-0.39, 0.29) is 0 Å². The minimum absolute atomic E-state index is 0.343. The summed E-state index contributed by atoms with van der Waals surface area (Å²) in [5.41, 5.74) is 1.37. The molecule has 0 aromatic carbocycles. The zero-order chi connectivity index (χ0) is 11.5. The monoisotopic (exact) mass is 283 g/mol. The lowest BCUT2D eigenvalue weighted by molar-refractivity contribution is 0.168. The third-order valence-corrected chi connectivity index (χ3v) is 2.44. The Bertz CT molecular complexity index is 524. The molecule has 0 aliphatic heterocycles. The number of hydrogen-bond acceptors (Lipinski definition) is 3. The molecule has 0 fully saturated rings. The van der Waals surface area contributed by atoms with Crippen LogP contribution in [0.1, 0.15) is 6.92 Å². The average molecular weight is 284 g/mol. The molecule has 2 N–H and O–H groups in total. The normalized spacial score (nSPS) is 10.4.